The Kier molecular flexibility index (Phi) is 7.88. The SMILES string of the molecule is C=CCO[C@H]1O[C@H](Cn2cc(-c3ccc(Oc4ccccc4)cc3)nn2)[C@H](O)[C@H](O)[C@H]1NC(C)=O. The Morgan fingerprint density at radius 2 is 1.86 bits per heavy atom. The minimum atomic E-state index is -1.30. The molecule has 2 aromatic carbocycles. The van der Waals surface area contributed by atoms with E-state index in [-0.39, 0.29) is 19.1 Å². The number of benzene rings is 2. The zero-order valence-corrected chi connectivity index (χ0v) is 19.2. The normalized spacial score (nSPS) is 24.0. The number of hydrogen-bond donors (Lipinski definition) is 3. The van der Waals surface area contributed by atoms with Crippen LogP contribution in [0.2, 0.25) is 0 Å². The van der Waals surface area contributed by atoms with Crippen molar-refractivity contribution in [3.63, 3.8) is 0 Å². The predicted molar refractivity (Wildman–Crippen MR) is 126 cm³/mol. The first-order valence-corrected chi connectivity index (χ1v) is 11.2. The fourth-order valence-electron chi connectivity index (χ4n) is 3.80. The summed E-state index contributed by atoms with van der Waals surface area (Å²) in [5.74, 6) is 1.06. The molecule has 184 valence electrons. The van der Waals surface area contributed by atoms with Crippen LogP contribution in [0.4, 0.5) is 0 Å². The van der Waals surface area contributed by atoms with Crippen LogP contribution >= 0.6 is 0 Å². The maximum atomic E-state index is 11.5. The standard InChI is InChI=1S/C25H28N4O6/c1-3-13-33-25-22(26-16(2)30)24(32)23(31)21(35-25)15-29-14-20(27-28-29)17-9-11-19(12-10-17)34-18-7-5-4-6-8-18/h3-12,14,21-25,31-32H,1,13,15H2,2H3,(H,26,30)/t21-,22-,23+,24-,25+/m1/s1. The van der Waals surface area contributed by atoms with Gasteiger partial charge in [0.1, 0.15) is 41.5 Å². The number of carbonyl (C=O) groups is 1. The quantitative estimate of drug-likeness (QED) is 0.396. The molecular formula is C25H28N4O6. The average Bonchev–Trinajstić information content (AvgIpc) is 3.32. The smallest absolute Gasteiger partial charge is 0.217 e. The van der Waals surface area contributed by atoms with Crippen molar-refractivity contribution in [2.45, 2.75) is 44.1 Å². The van der Waals surface area contributed by atoms with E-state index in [1.54, 1.807) is 6.20 Å². The first-order valence-electron chi connectivity index (χ1n) is 11.2. The molecule has 0 radical (unpaired) electrons. The number of nitrogens with one attached hydrogen (secondary N) is 1. The Hall–Kier alpha value is -3.57. The van der Waals surface area contributed by atoms with Crippen molar-refractivity contribution in [3.8, 4) is 22.8 Å². The largest absolute Gasteiger partial charge is 0.457 e. The van der Waals surface area contributed by atoms with E-state index in [9.17, 15) is 15.0 Å². The molecule has 1 saturated heterocycles. The molecule has 0 bridgehead atoms. The highest BCUT2D eigenvalue weighted by molar-refractivity contribution is 5.73. The summed E-state index contributed by atoms with van der Waals surface area (Å²) in [4.78, 5) is 11.5. The molecule has 0 aliphatic carbocycles. The first kappa shape index (κ1) is 24.6. The van der Waals surface area contributed by atoms with Crippen LogP contribution in [0, 0.1) is 0 Å². The van der Waals surface area contributed by atoms with E-state index in [2.05, 4.69) is 22.2 Å². The number of aliphatic hydroxyl groups excluding tert-OH is 2. The fourth-order valence-corrected chi connectivity index (χ4v) is 3.80. The van der Waals surface area contributed by atoms with Crippen LogP contribution in [0.1, 0.15) is 6.92 Å². The van der Waals surface area contributed by atoms with Gasteiger partial charge in [-0.15, -0.1) is 11.7 Å². The minimum Gasteiger partial charge on any atom is -0.457 e. The van der Waals surface area contributed by atoms with Crippen molar-refractivity contribution in [2.24, 2.45) is 0 Å². The van der Waals surface area contributed by atoms with Gasteiger partial charge in [0.05, 0.1) is 19.3 Å². The summed E-state index contributed by atoms with van der Waals surface area (Å²) in [5.41, 5.74) is 1.46. The zero-order valence-electron chi connectivity index (χ0n) is 19.2. The van der Waals surface area contributed by atoms with Crippen LogP contribution in [0.15, 0.2) is 73.4 Å². The monoisotopic (exact) mass is 480 g/mol. The third kappa shape index (κ3) is 6.11. The number of hydrogen-bond acceptors (Lipinski definition) is 8. The van der Waals surface area contributed by atoms with Gasteiger partial charge >= 0.3 is 0 Å². The van der Waals surface area contributed by atoms with E-state index in [4.69, 9.17) is 14.2 Å². The molecule has 1 aromatic heterocycles. The molecule has 3 N–H and O–H groups in total. The molecule has 4 rings (SSSR count). The molecule has 1 amide bonds. The molecule has 0 unspecified atom stereocenters. The van der Waals surface area contributed by atoms with Gasteiger partial charge in [0.15, 0.2) is 6.29 Å². The Morgan fingerprint density at radius 1 is 1.14 bits per heavy atom. The molecule has 2 heterocycles. The number of carbonyl (C=O) groups excluding carboxylic acids is 1. The van der Waals surface area contributed by atoms with Crippen molar-refractivity contribution in [3.05, 3.63) is 73.4 Å². The zero-order chi connectivity index (χ0) is 24.8. The summed E-state index contributed by atoms with van der Waals surface area (Å²) in [7, 11) is 0. The maximum Gasteiger partial charge on any atom is 0.217 e. The predicted octanol–water partition coefficient (Wildman–Crippen LogP) is 1.89. The number of amides is 1. The molecule has 10 heteroatoms. The average molecular weight is 481 g/mol. The molecule has 1 aliphatic rings. The van der Waals surface area contributed by atoms with Crippen LogP contribution in [-0.4, -0.2) is 68.4 Å². The highest BCUT2D eigenvalue weighted by atomic mass is 16.7. The van der Waals surface area contributed by atoms with Gasteiger partial charge in [-0.05, 0) is 36.4 Å². The van der Waals surface area contributed by atoms with Gasteiger partial charge in [-0.2, -0.15) is 0 Å². The molecule has 35 heavy (non-hydrogen) atoms. The fraction of sp³-hybridized carbons (Fsp3) is 0.320. The number of para-hydroxylation sites is 1. The number of aromatic nitrogens is 3. The molecule has 0 saturated carbocycles. The van der Waals surface area contributed by atoms with E-state index in [0.29, 0.717) is 11.4 Å². The molecule has 1 aliphatic heterocycles. The van der Waals surface area contributed by atoms with Crippen molar-refractivity contribution in [1.82, 2.24) is 20.3 Å². The topological polar surface area (TPSA) is 128 Å². The van der Waals surface area contributed by atoms with Crippen LogP contribution in [-0.2, 0) is 20.8 Å². The van der Waals surface area contributed by atoms with Crippen LogP contribution in [0.3, 0.4) is 0 Å². The summed E-state index contributed by atoms with van der Waals surface area (Å²) in [6, 6.07) is 16.0. The molecule has 1 fully saturated rings. The van der Waals surface area contributed by atoms with Crippen molar-refractivity contribution < 1.29 is 29.2 Å². The molecule has 3 aromatic rings. The minimum absolute atomic E-state index is 0.112. The van der Waals surface area contributed by atoms with Crippen molar-refractivity contribution in [2.75, 3.05) is 6.61 Å². The lowest BCUT2D eigenvalue weighted by Crippen LogP contribution is -2.64. The summed E-state index contributed by atoms with van der Waals surface area (Å²) >= 11 is 0. The van der Waals surface area contributed by atoms with Gasteiger partial charge in [-0.1, -0.05) is 29.5 Å². The lowest BCUT2D eigenvalue weighted by molar-refractivity contribution is -0.264. The first-order chi connectivity index (χ1) is 16.9. The number of rotatable bonds is 9. The summed E-state index contributed by atoms with van der Waals surface area (Å²) in [6.45, 7) is 5.17. The summed E-state index contributed by atoms with van der Waals surface area (Å²) in [6.07, 6.45) is -1.15. The second-order valence-electron chi connectivity index (χ2n) is 8.14. The third-order valence-corrected chi connectivity index (χ3v) is 5.48. The van der Waals surface area contributed by atoms with E-state index in [1.165, 1.54) is 17.7 Å². The van der Waals surface area contributed by atoms with Gasteiger partial charge in [0.2, 0.25) is 5.91 Å². The number of nitrogens with zero attached hydrogens (tertiary/aromatic N) is 3. The highest BCUT2D eigenvalue weighted by Gasteiger charge is 2.45. The maximum absolute atomic E-state index is 11.5. The number of ether oxygens (including phenoxy) is 3. The lowest BCUT2D eigenvalue weighted by atomic mass is 9.96. The van der Waals surface area contributed by atoms with Gasteiger partial charge in [0.25, 0.3) is 0 Å². The van der Waals surface area contributed by atoms with Gasteiger partial charge in [-0.25, -0.2) is 4.68 Å². The van der Waals surface area contributed by atoms with Crippen molar-refractivity contribution in [1.29, 1.82) is 0 Å². The molecular weight excluding hydrogens is 452 g/mol. The summed E-state index contributed by atoms with van der Waals surface area (Å²) in [5, 5.41) is 32.1. The van der Waals surface area contributed by atoms with Gasteiger partial charge in [-0.3, -0.25) is 4.79 Å². The third-order valence-electron chi connectivity index (χ3n) is 5.48. The van der Waals surface area contributed by atoms with Crippen LogP contribution < -0.4 is 10.1 Å². The van der Waals surface area contributed by atoms with E-state index >= 15 is 0 Å². The molecule has 10 nitrogen and oxygen atoms in total. The Morgan fingerprint density at radius 3 is 2.54 bits per heavy atom. The Bertz CT molecular complexity index is 1120. The molecule has 5 atom stereocenters. The second-order valence-corrected chi connectivity index (χ2v) is 8.14. The summed E-state index contributed by atoms with van der Waals surface area (Å²) < 4.78 is 18.8. The Balaban J connectivity index is 1.43. The van der Waals surface area contributed by atoms with Gasteiger partial charge < -0.3 is 29.7 Å². The van der Waals surface area contributed by atoms with Crippen LogP contribution in [0.25, 0.3) is 11.3 Å². The van der Waals surface area contributed by atoms with E-state index in [1.807, 2.05) is 54.6 Å². The van der Waals surface area contributed by atoms with Gasteiger partial charge in [0, 0.05) is 12.5 Å². The Labute approximate surface area is 202 Å². The van der Waals surface area contributed by atoms with E-state index in [0.717, 1.165) is 11.3 Å². The van der Waals surface area contributed by atoms with Crippen molar-refractivity contribution >= 4 is 5.91 Å². The highest BCUT2D eigenvalue weighted by Crippen LogP contribution is 2.26. The number of aliphatic hydroxyl groups is 2. The second kappa shape index (κ2) is 11.2. The van der Waals surface area contributed by atoms with Crippen LogP contribution in [0.5, 0.6) is 11.5 Å². The lowest BCUT2D eigenvalue weighted by Gasteiger charge is -2.42. The molecule has 0 spiro atoms. The van der Waals surface area contributed by atoms with E-state index < -0.39 is 30.6 Å².